The van der Waals surface area contributed by atoms with Crippen molar-refractivity contribution in [3.63, 3.8) is 0 Å². The topological polar surface area (TPSA) is 55.8 Å². The second-order valence-electron chi connectivity index (χ2n) is 3.71. The highest BCUT2D eigenvalue weighted by Gasteiger charge is 2.26. The Morgan fingerprint density at radius 1 is 1.50 bits per heavy atom. The third-order valence-electron chi connectivity index (χ3n) is 2.54. The van der Waals surface area contributed by atoms with Gasteiger partial charge in [0.1, 0.15) is 12.4 Å². The van der Waals surface area contributed by atoms with Crippen LogP contribution in [-0.4, -0.2) is 37.2 Å². The van der Waals surface area contributed by atoms with Gasteiger partial charge in [-0.1, -0.05) is 12.1 Å². The van der Waals surface area contributed by atoms with Gasteiger partial charge in [0.2, 0.25) is 0 Å². The molecule has 5 nitrogen and oxygen atoms in total. The lowest BCUT2D eigenvalue weighted by Gasteiger charge is -2.06. The standard InChI is InChI=1S/C13H13NO4/c1-17-11-4-2-3-10(9-11)5-6-12(15)14-7-8-18-13(14)16/h2-6,9H,7-8H2,1H3/b6-5+. The first-order valence-electron chi connectivity index (χ1n) is 5.51. The van der Waals surface area contributed by atoms with E-state index in [4.69, 9.17) is 4.74 Å². The highest BCUT2D eigenvalue weighted by Crippen LogP contribution is 2.14. The average molecular weight is 247 g/mol. The number of ether oxygens (including phenoxy) is 2. The van der Waals surface area contributed by atoms with Crippen molar-refractivity contribution in [1.82, 2.24) is 4.90 Å². The molecular formula is C13H13NO4. The van der Waals surface area contributed by atoms with Crippen molar-refractivity contribution in [1.29, 1.82) is 0 Å². The molecule has 0 unspecified atom stereocenters. The van der Waals surface area contributed by atoms with Crippen molar-refractivity contribution in [3.05, 3.63) is 35.9 Å². The number of rotatable bonds is 3. The number of carbonyl (C=O) groups excluding carboxylic acids is 2. The minimum absolute atomic E-state index is 0.261. The summed E-state index contributed by atoms with van der Waals surface area (Å²) in [4.78, 5) is 23.9. The molecular weight excluding hydrogens is 234 g/mol. The zero-order chi connectivity index (χ0) is 13.0. The first kappa shape index (κ1) is 12.2. The van der Waals surface area contributed by atoms with Crippen LogP contribution in [-0.2, 0) is 9.53 Å². The molecule has 5 heteroatoms. The number of carbonyl (C=O) groups is 2. The Morgan fingerprint density at radius 2 is 2.33 bits per heavy atom. The summed E-state index contributed by atoms with van der Waals surface area (Å²) in [6.07, 6.45) is 2.40. The summed E-state index contributed by atoms with van der Waals surface area (Å²) < 4.78 is 9.76. The van der Waals surface area contributed by atoms with Crippen LogP contribution in [0.3, 0.4) is 0 Å². The van der Waals surface area contributed by atoms with Crippen LogP contribution in [0.25, 0.3) is 6.08 Å². The molecule has 0 radical (unpaired) electrons. The number of cyclic esters (lactones) is 1. The van der Waals surface area contributed by atoms with Gasteiger partial charge in [0.25, 0.3) is 5.91 Å². The lowest BCUT2D eigenvalue weighted by atomic mass is 10.2. The fourth-order valence-electron chi connectivity index (χ4n) is 1.60. The molecule has 2 amide bonds. The van der Waals surface area contributed by atoms with Gasteiger partial charge in [-0.05, 0) is 23.8 Å². The second kappa shape index (κ2) is 5.35. The van der Waals surface area contributed by atoms with E-state index in [2.05, 4.69) is 4.74 Å². The summed E-state index contributed by atoms with van der Waals surface area (Å²) in [5.74, 6) is 0.338. The lowest BCUT2D eigenvalue weighted by Crippen LogP contribution is -2.29. The predicted octanol–water partition coefficient (Wildman–Crippen LogP) is 1.69. The van der Waals surface area contributed by atoms with Crippen molar-refractivity contribution in [2.75, 3.05) is 20.3 Å². The molecule has 94 valence electrons. The van der Waals surface area contributed by atoms with Crippen LogP contribution in [0.2, 0.25) is 0 Å². The lowest BCUT2D eigenvalue weighted by molar-refractivity contribution is -0.122. The minimum Gasteiger partial charge on any atom is -0.497 e. The van der Waals surface area contributed by atoms with E-state index >= 15 is 0 Å². The van der Waals surface area contributed by atoms with E-state index < -0.39 is 6.09 Å². The molecule has 1 aliphatic heterocycles. The van der Waals surface area contributed by atoms with E-state index in [-0.39, 0.29) is 12.5 Å². The first-order chi connectivity index (χ1) is 8.70. The molecule has 0 saturated carbocycles. The van der Waals surface area contributed by atoms with Gasteiger partial charge in [-0.15, -0.1) is 0 Å². The molecule has 1 aliphatic rings. The highest BCUT2D eigenvalue weighted by atomic mass is 16.6. The van der Waals surface area contributed by atoms with Gasteiger partial charge in [0.05, 0.1) is 13.7 Å². The van der Waals surface area contributed by atoms with Crippen LogP contribution in [0.5, 0.6) is 5.75 Å². The van der Waals surface area contributed by atoms with Gasteiger partial charge in [-0.25, -0.2) is 9.69 Å². The van der Waals surface area contributed by atoms with Gasteiger partial charge in [-0.2, -0.15) is 0 Å². The molecule has 0 spiro atoms. The van der Waals surface area contributed by atoms with Gasteiger partial charge in [0, 0.05) is 6.08 Å². The number of hydrogen-bond acceptors (Lipinski definition) is 4. The van der Waals surface area contributed by atoms with Crippen molar-refractivity contribution >= 4 is 18.1 Å². The fourth-order valence-corrected chi connectivity index (χ4v) is 1.60. The quantitative estimate of drug-likeness (QED) is 0.763. The number of hydrogen-bond donors (Lipinski definition) is 0. The zero-order valence-corrected chi connectivity index (χ0v) is 9.96. The van der Waals surface area contributed by atoms with Gasteiger partial charge in [-0.3, -0.25) is 4.79 Å². The Morgan fingerprint density at radius 3 is 3.00 bits per heavy atom. The molecule has 0 aromatic heterocycles. The molecule has 1 heterocycles. The Hall–Kier alpha value is -2.30. The largest absolute Gasteiger partial charge is 0.497 e. The van der Waals surface area contributed by atoms with Gasteiger partial charge >= 0.3 is 6.09 Å². The number of amides is 2. The van der Waals surface area contributed by atoms with E-state index in [1.807, 2.05) is 18.2 Å². The molecule has 1 fully saturated rings. The molecule has 0 N–H and O–H groups in total. The summed E-state index contributed by atoms with van der Waals surface area (Å²) in [6.45, 7) is 0.567. The normalized spacial score (nSPS) is 14.9. The Bertz CT molecular complexity index is 496. The smallest absolute Gasteiger partial charge is 0.416 e. The molecule has 1 aromatic rings. The van der Waals surface area contributed by atoms with E-state index in [0.717, 1.165) is 10.5 Å². The Labute approximate surface area is 105 Å². The maximum atomic E-state index is 11.7. The molecule has 0 bridgehead atoms. The van der Waals surface area contributed by atoms with Crippen LogP contribution in [0.4, 0.5) is 4.79 Å². The van der Waals surface area contributed by atoms with Crippen LogP contribution in [0, 0.1) is 0 Å². The van der Waals surface area contributed by atoms with E-state index in [1.165, 1.54) is 6.08 Å². The Kier molecular flexibility index (Phi) is 3.62. The Balaban J connectivity index is 2.05. The third kappa shape index (κ3) is 2.68. The van der Waals surface area contributed by atoms with Crippen molar-refractivity contribution < 1.29 is 19.1 Å². The summed E-state index contributed by atoms with van der Waals surface area (Å²) in [7, 11) is 1.58. The number of nitrogens with zero attached hydrogens (tertiary/aromatic N) is 1. The molecule has 0 aliphatic carbocycles. The summed E-state index contributed by atoms with van der Waals surface area (Å²) in [5, 5.41) is 0. The third-order valence-corrected chi connectivity index (χ3v) is 2.54. The second-order valence-corrected chi connectivity index (χ2v) is 3.71. The van der Waals surface area contributed by atoms with E-state index in [0.29, 0.717) is 12.3 Å². The van der Waals surface area contributed by atoms with Crippen LogP contribution < -0.4 is 4.74 Å². The number of imide groups is 1. The highest BCUT2D eigenvalue weighted by molar-refractivity contribution is 6.01. The van der Waals surface area contributed by atoms with Gasteiger partial charge < -0.3 is 9.47 Å². The number of benzene rings is 1. The van der Waals surface area contributed by atoms with Crippen molar-refractivity contribution in [3.8, 4) is 5.75 Å². The van der Waals surface area contributed by atoms with Crippen LogP contribution in [0.15, 0.2) is 30.3 Å². The van der Waals surface area contributed by atoms with E-state index in [1.54, 1.807) is 19.3 Å². The molecule has 1 aromatic carbocycles. The minimum atomic E-state index is -0.588. The predicted molar refractivity (Wildman–Crippen MR) is 65.1 cm³/mol. The maximum Gasteiger partial charge on any atom is 0.416 e. The van der Waals surface area contributed by atoms with Crippen molar-refractivity contribution in [2.24, 2.45) is 0 Å². The molecule has 1 saturated heterocycles. The summed E-state index contributed by atoms with van der Waals surface area (Å²) >= 11 is 0. The monoisotopic (exact) mass is 247 g/mol. The van der Waals surface area contributed by atoms with E-state index in [9.17, 15) is 9.59 Å². The van der Waals surface area contributed by atoms with Crippen molar-refractivity contribution in [2.45, 2.75) is 0 Å². The summed E-state index contributed by atoms with van der Waals surface area (Å²) in [5.41, 5.74) is 0.829. The molecule has 0 atom stereocenters. The van der Waals surface area contributed by atoms with Gasteiger partial charge in [0.15, 0.2) is 0 Å². The number of methoxy groups -OCH3 is 1. The van der Waals surface area contributed by atoms with Crippen LogP contribution in [0.1, 0.15) is 5.56 Å². The zero-order valence-electron chi connectivity index (χ0n) is 9.96. The maximum absolute atomic E-state index is 11.7. The summed E-state index contributed by atoms with van der Waals surface area (Å²) in [6, 6.07) is 7.28. The van der Waals surface area contributed by atoms with Crippen LogP contribution >= 0.6 is 0 Å². The average Bonchev–Trinajstić information content (AvgIpc) is 2.82. The fraction of sp³-hybridized carbons (Fsp3) is 0.231. The SMILES string of the molecule is COc1cccc(/C=C/C(=O)N2CCOC2=O)c1. The first-order valence-corrected chi connectivity index (χ1v) is 5.51. The molecule has 2 rings (SSSR count). The molecule has 18 heavy (non-hydrogen) atoms.